The lowest BCUT2D eigenvalue weighted by atomic mass is 9.78. The Bertz CT molecular complexity index is 796. The third-order valence-electron chi connectivity index (χ3n) is 5.19. The highest BCUT2D eigenvalue weighted by Gasteiger charge is 2.27. The van der Waals surface area contributed by atoms with E-state index in [9.17, 15) is 13.2 Å². The number of carbonyl (C=O) groups excluding carboxylic acids is 1. The van der Waals surface area contributed by atoms with Crippen LogP contribution in [-0.2, 0) is 10.0 Å². The molecule has 1 saturated carbocycles. The van der Waals surface area contributed by atoms with Crippen molar-refractivity contribution in [1.29, 1.82) is 0 Å². The predicted octanol–water partition coefficient (Wildman–Crippen LogP) is 1.87. The zero-order valence-electron chi connectivity index (χ0n) is 16.2. The van der Waals surface area contributed by atoms with Crippen molar-refractivity contribution >= 4 is 33.3 Å². The Labute approximate surface area is 166 Å². The van der Waals surface area contributed by atoms with Crippen molar-refractivity contribution in [1.82, 2.24) is 20.5 Å². The number of nitrogens with zero attached hydrogens (tertiary/aromatic N) is 1. The molecular formula is C18H28N4O3S2. The third-order valence-corrected chi connectivity index (χ3v) is 7.22. The summed E-state index contributed by atoms with van der Waals surface area (Å²) in [4.78, 5) is 12.4. The molecular weight excluding hydrogens is 384 g/mol. The fourth-order valence-electron chi connectivity index (χ4n) is 3.18. The first-order valence-corrected chi connectivity index (χ1v) is 10.9. The van der Waals surface area contributed by atoms with E-state index in [-0.39, 0.29) is 16.5 Å². The summed E-state index contributed by atoms with van der Waals surface area (Å²) in [6.45, 7) is 4.45. The highest BCUT2D eigenvalue weighted by Crippen LogP contribution is 2.29. The van der Waals surface area contributed by atoms with Crippen LogP contribution in [0, 0.1) is 11.8 Å². The van der Waals surface area contributed by atoms with Gasteiger partial charge in [0.15, 0.2) is 5.11 Å². The molecule has 7 nitrogen and oxygen atoms in total. The fraction of sp³-hybridized carbons (Fsp3) is 0.556. The average molecular weight is 413 g/mol. The standard InChI is InChI=1S/C18H28N4O3S2/c1-12-7-5-10-16(13(12)2)19-18(26)21-20-17(23)14-8-6-9-15(11-14)27(24,25)22(3)4/h6,8-9,11-13,16H,5,7,10H2,1-4H3,(H,20,23)(H2,19,21,26)/t12-,13+,16+/m0/s1. The predicted molar refractivity (Wildman–Crippen MR) is 110 cm³/mol. The van der Waals surface area contributed by atoms with Gasteiger partial charge in [0.1, 0.15) is 0 Å². The Balaban J connectivity index is 1.95. The van der Waals surface area contributed by atoms with Crippen LogP contribution in [0.3, 0.4) is 0 Å². The van der Waals surface area contributed by atoms with E-state index < -0.39 is 15.9 Å². The Morgan fingerprint density at radius 2 is 1.89 bits per heavy atom. The number of benzene rings is 1. The molecule has 3 N–H and O–H groups in total. The molecule has 0 spiro atoms. The van der Waals surface area contributed by atoms with Crippen LogP contribution in [0.4, 0.5) is 0 Å². The van der Waals surface area contributed by atoms with Gasteiger partial charge in [0.05, 0.1) is 4.90 Å². The summed E-state index contributed by atoms with van der Waals surface area (Å²) in [7, 11) is -0.709. The summed E-state index contributed by atoms with van der Waals surface area (Å²) >= 11 is 5.27. The lowest BCUT2D eigenvalue weighted by Crippen LogP contribution is -2.52. The Morgan fingerprint density at radius 3 is 2.56 bits per heavy atom. The minimum atomic E-state index is -3.60. The van der Waals surface area contributed by atoms with Crippen molar-refractivity contribution in [2.45, 2.75) is 44.0 Å². The number of hydrazine groups is 1. The van der Waals surface area contributed by atoms with Gasteiger partial charge in [0.2, 0.25) is 10.0 Å². The number of hydrogen-bond acceptors (Lipinski definition) is 4. The maximum atomic E-state index is 12.3. The van der Waals surface area contributed by atoms with Crippen molar-refractivity contribution < 1.29 is 13.2 Å². The van der Waals surface area contributed by atoms with Crippen molar-refractivity contribution in [2.24, 2.45) is 11.8 Å². The van der Waals surface area contributed by atoms with E-state index in [1.165, 1.54) is 38.7 Å². The second-order valence-electron chi connectivity index (χ2n) is 7.24. The van der Waals surface area contributed by atoms with Crippen LogP contribution in [0.1, 0.15) is 43.5 Å². The van der Waals surface area contributed by atoms with Crippen LogP contribution in [0.25, 0.3) is 0 Å². The molecule has 0 bridgehead atoms. The van der Waals surface area contributed by atoms with Gasteiger partial charge in [0.25, 0.3) is 5.91 Å². The van der Waals surface area contributed by atoms with E-state index >= 15 is 0 Å². The molecule has 1 amide bonds. The molecule has 0 unspecified atom stereocenters. The van der Waals surface area contributed by atoms with Crippen LogP contribution in [0.5, 0.6) is 0 Å². The van der Waals surface area contributed by atoms with Gasteiger partial charge in [-0.2, -0.15) is 0 Å². The minimum absolute atomic E-state index is 0.0610. The van der Waals surface area contributed by atoms with E-state index in [0.29, 0.717) is 16.9 Å². The summed E-state index contributed by atoms with van der Waals surface area (Å²) in [5.41, 5.74) is 5.46. The van der Waals surface area contributed by atoms with Gasteiger partial charge in [-0.3, -0.25) is 15.6 Å². The second kappa shape index (κ2) is 8.99. The van der Waals surface area contributed by atoms with Crippen molar-refractivity contribution in [3.05, 3.63) is 29.8 Å². The number of nitrogens with one attached hydrogen (secondary N) is 3. The number of thiocarbonyl (C=S) groups is 1. The van der Waals surface area contributed by atoms with E-state index in [1.54, 1.807) is 6.07 Å². The molecule has 1 aromatic rings. The van der Waals surface area contributed by atoms with Gasteiger partial charge in [-0.25, -0.2) is 12.7 Å². The molecule has 2 rings (SSSR count). The number of carbonyl (C=O) groups is 1. The molecule has 150 valence electrons. The summed E-state index contributed by atoms with van der Waals surface area (Å²) in [5, 5.41) is 3.61. The fourth-order valence-corrected chi connectivity index (χ4v) is 4.33. The third kappa shape index (κ3) is 5.40. The molecule has 0 radical (unpaired) electrons. The van der Waals surface area contributed by atoms with Crippen LogP contribution in [0.2, 0.25) is 0 Å². The van der Waals surface area contributed by atoms with Gasteiger partial charge in [-0.15, -0.1) is 0 Å². The summed E-state index contributed by atoms with van der Waals surface area (Å²) < 4.78 is 25.5. The summed E-state index contributed by atoms with van der Waals surface area (Å²) in [5.74, 6) is 0.678. The minimum Gasteiger partial charge on any atom is -0.358 e. The molecule has 1 aromatic carbocycles. The van der Waals surface area contributed by atoms with Gasteiger partial charge in [-0.1, -0.05) is 32.8 Å². The molecule has 1 aliphatic rings. The lowest BCUT2D eigenvalue weighted by Gasteiger charge is -2.35. The molecule has 0 heterocycles. The number of amides is 1. The number of rotatable bonds is 4. The first-order valence-electron chi connectivity index (χ1n) is 9.02. The first kappa shape index (κ1) is 21.6. The van der Waals surface area contributed by atoms with E-state index in [4.69, 9.17) is 12.2 Å². The Hall–Kier alpha value is -1.71. The monoisotopic (exact) mass is 412 g/mol. The van der Waals surface area contributed by atoms with Crippen LogP contribution in [0.15, 0.2) is 29.2 Å². The molecule has 1 fully saturated rings. The highest BCUT2D eigenvalue weighted by molar-refractivity contribution is 7.89. The van der Waals surface area contributed by atoms with E-state index in [2.05, 4.69) is 30.0 Å². The topological polar surface area (TPSA) is 90.5 Å². The largest absolute Gasteiger partial charge is 0.358 e. The smallest absolute Gasteiger partial charge is 0.269 e. The summed E-state index contributed by atoms with van der Waals surface area (Å²) in [6.07, 6.45) is 3.43. The molecule has 3 atom stereocenters. The Morgan fingerprint density at radius 1 is 1.19 bits per heavy atom. The number of hydrogen-bond donors (Lipinski definition) is 3. The first-order chi connectivity index (χ1) is 12.6. The maximum Gasteiger partial charge on any atom is 0.269 e. The van der Waals surface area contributed by atoms with Gasteiger partial charge < -0.3 is 5.32 Å². The molecule has 0 saturated heterocycles. The quantitative estimate of drug-likeness (QED) is 0.517. The van der Waals surface area contributed by atoms with Crippen molar-refractivity contribution in [3.8, 4) is 0 Å². The van der Waals surface area contributed by atoms with Gasteiger partial charge in [0, 0.05) is 25.7 Å². The average Bonchev–Trinajstić information content (AvgIpc) is 2.63. The molecule has 9 heteroatoms. The Kier molecular flexibility index (Phi) is 7.19. The van der Waals surface area contributed by atoms with Gasteiger partial charge >= 0.3 is 0 Å². The molecule has 0 aromatic heterocycles. The van der Waals surface area contributed by atoms with Crippen LogP contribution < -0.4 is 16.2 Å². The molecule has 0 aliphatic heterocycles. The zero-order valence-corrected chi connectivity index (χ0v) is 17.8. The SMILES string of the molecule is C[C@@H]1[C@@H](C)CCC[C@H]1NC(=S)NNC(=O)c1cccc(S(=O)(=O)N(C)C)c1. The van der Waals surface area contributed by atoms with Crippen molar-refractivity contribution in [2.75, 3.05) is 14.1 Å². The molecule has 1 aliphatic carbocycles. The molecule has 27 heavy (non-hydrogen) atoms. The van der Waals surface area contributed by atoms with Crippen LogP contribution in [-0.4, -0.2) is 43.9 Å². The highest BCUT2D eigenvalue weighted by atomic mass is 32.2. The zero-order chi connectivity index (χ0) is 20.2. The van der Waals surface area contributed by atoms with Crippen molar-refractivity contribution in [3.63, 3.8) is 0 Å². The number of sulfonamides is 1. The lowest BCUT2D eigenvalue weighted by molar-refractivity contribution is 0.0943. The maximum absolute atomic E-state index is 12.3. The van der Waals surface area contributed by atoms with Gasteiger partial charge in [-0.05, 0) is 48.7 Å². The van der Waals surface area contributed by atoms with E-state index in [1.807, 2.05) is 0 Å². The summed E-state index contributed by atoms with van der Waals surface area (Å²) in [6, 6.07) is 6.16. The van der Waals surface area contributed by atoms with E-state index in [0.717, 1.165) is 17.1 Å². The second-order valence-corrected chi connectivity index (χ2v) is 9.80. The van der Waals surface area contributed by atoms with Crippen LogP contribution >= 0.6 is 12.2 Å². The normalized spacial score (nSPS) is 22.9.